The van der Waals surface area contributed by atoms with E-state index in [4.69, 9.17) is 14.2 Å². The van der Waals surface area contributed by atoms with Gasteiger partial charge in [-0.15, -0.1) is 5.10 Å². The van der Waals surface area contributed by atoms with Crippen LogP contribution in [0, 0.1) is 5.92 Å². The van der Waals surface area contributed by atoms with Gasteiger partial charge in [-0.05, 0) is 113 Å². The number of hydrogen-bond donors (Lipinski definition) is 3. The van der Waals surface area contributed by atoms with E-state index in [2.05, 4.69) is 15.6 Å². The van der Waals surface area contributed by atoms with Crippen molar-refractivity contribution >= 4 is 43.3 Å². The minimum Gasteiger partial charge on any atom is -0.494 e. The number of rotatable bonds is 20. The maximum Gasteiger partial charge on any atom is 0.305 e. The fourth-order valence-corrected chi connectivity index (χ4v) is 12.5. The van der Waals surface area contributed by atoms with Crippen LogP contribution in [-0.4, -0.2) is 104 Å². The Kier molecular flexibility index (Phi) is 14.5. The Morgan fingerprint density at radius 1 is 1.03 bits per heavy atom. The minimum absolute atomic E-state index is 0.0658. The van der Waals surface area contributed by atoms with E-state index in [1.165, 1.54) is 7.11 Å². The molecule has 338 valence electrons. The van der Waals surface area contributed by atoms with Crippen LogP contribution in [0.5, 0.6) is 5.75 Å². The van der Waals surface area contributed by atoms with Crippen LogP contribution in [0.25, 0.3) is 0 Å². The molecule has 3 aliphatic rings. The van der Waals surface area contributed by atoms with Crippen molar-refractivity contribution in [2.45, 2.75) is 108 Å². The van der Waals surface area contributed by atoms with E-state index in [9.17, 15) is 19.8 Å². The molecule has 6 atom stereocenters. The summed E-state index contributed by atoms with van der Waals surface area (Å²) in [4.78, 5) is 45.2. The molecule has 1 aromatic heterocycles. The number of aromatic nitrogens is 3. The Balaban J connectivity index is 1.26. The molecule has 14 nitrogen and oxygen atoms in total. The summed E-state index contributed by atoms with van der Waals surface area (Å²) < 4.78 is 36.4. The van der Waals surface area contributed by atoms with Gasteiger partial charge in [-0.3, -0.25) is 24.0 Å². The molecule has 1 saturated heterocycles. The summed E-state index contributed by atoms with van der Waals surface area (Å²) in [5, 5.41) is 31.8. The number of aliphatic hydroxyl groups excluding tert-OH is 2. The third-order valence-corrected chi connectivity index (χ3v) is 15.4. The van der Waals surface area contributed by atoms with Crippen molar-refractivity contribution in [2.75, 3.05) is 49.8 Å². The number of amides is 2. The first-order chi connectivity index (χ1) is 30.4. The van der Waals surface area contributed by atoms with Gasteiger partial charge < -0.3 is 38.7 Å². The second-order valence-corrected chi connectivity index (χ2v) is 21.1. The number of nitrogens with zero attached hydrogens (tertiary/aromatic N) is 5. The first kappa shape index (κ1) is 46.0. The molecule has 2 unspecified atom stereocenters. The maximum atomic E-state index is 16.9. The van der Waals surface area contributed by atoms with E-state index >= 15 is 8.90 Å². The monoisotopic (exact) mass is 884 g/mol. The van der Waals surface area contributed by atoms with Crippen LogP contribution in [-0.2, 0) is 42.4 Å². The Labute approximate surface area is 369 Å². The summed E-state index contributed by atoms with van der Waals surface area (Å²) in [6.07, 6.45) is 4.46. The van der Waals surface area contributed by atoms with Crippen molar-refractivity contribution in [1.29, 1.82) is 0 Å². The summed E-state index contributed by atoms with van der Waals surface area (Å²) in [7, 11) is -2.19. The number of carbonyl (C=O) groups excluding carboxylic acids is 3. The first-order valence-electron chi connectivity index (χ1n) is 22.3. The van der Waals surface area contributed by atoms with Crippen LogP contribution in [0.4, 0.5) is 21.2 Å². The van der Waals surface area contributed by atoms with Crippen LogP contribution in [0.2, 0.25) is 18.6 Å². The summed E-state index contributed by atoms with van der Waals surface area (Å²) in [6.45, 7) is 8.74. The van der Waals surface area contributed by atoms with Gasteiger partial charge in [0.15, 0.2) is 5.60 Å². The maximum absolute atomic E-state index is 16.9. The Morgan fingerprint density at radius 2 is 1.81 bits per heavy atom. The Bertz CT molecular complexity index is 2240. The van der Waals surface area contributed by atoms with E-state index in [0.717, 1.165) is 11.1 Å². The SMILES string of the molecule is CCOc1ccc2c(c1)CC(NCCCCO)C(=O)N2c1ccc2c(c1)[C@]1(O[C@@H](CCn3cc(C(CO)c4ccccc4)nn3)[C@H]([Si](C)(C)F)[C@H]1C)C(=O)N2CCCCC(=O)OC. The summed E-state index contributed by atoms with van der Waals surface area (Å²) in [6, 6.07) is 20.3. The minimum atomic E-state index is -3.54. The van der Waals surface area contributed by atoms with Crippen LogP contribution >= 0.6 is 0 Å². The summed E-state index contributed by atoms with van der Waals surface area (Å²) >= 11 is 0. The predicted octanol–water partition coefficient (Wildman–Crippen LogP) is 6.31. The Hall–Kier alpha value is -5.00. The van der Waals surface area contributed by atoms with Crippen LogP contribution in [0.1, 0.15) is 80.7 Å². The van der Waals surface area contributed by atoms with E-state index < -0.39 is 37.6 Å². The van der Waals surface area contributed by atoms with Crippen molar-refractivity contribution in [3.8, 4) is 5.75 Å². The van der Waals surface area contributed by atoms with Gasteiger partial charge in [-0.25, -0.2) is 0 Å². The molecule has 0 radical (unpaired) electrons. The first-order valence-corrected chi connectivity index (χ1v) is 25.2. The average molecular weight is 885 g/mol. The number of halogens is 1. The van der Waals surface area contributed by atoms with E-state index in [-0.39, 0.29) is 43.3 Å². The topological polar surface area (TPSA) is 169 Å². The number of fused-ring (bicyclic) bond motifs is 3. The normalized spacial score (nSPS) is 22.4. The molecule has 2 amide bonds. The third-order valence-electron chi connectivity index (χ3n) is 12.9. The number of nitrogens with one attached hydrogen (secondary N) is 1. The molecule has 7 rings (SSSR count). The number of unbranched alkanes of at least 4 members (excludes halogenated alkanes) is 2. The zero-order valence-corrected chi connectivity index (χ0v) is 38.0. The molecule has 0 aliphatic carbocycles. The van der Waals surface area contributed by atoms with Crippen molar-refractivity contribution in [3.63, 3.8) is 0 Å². The van der Waals surface area contributed by atoms with Crippen molar-refractivity contribution in [1.82, 2.24) is 20.3 Å². The highest BCUT2D eigenvalue weighted by molar-refractivity contribution is 6.72. The molecule has 4 heterocycles. The number of ether oxygens (including phenoxy) is 3. The predicted molar refractivity (Wildman–Crippen MR) is 239 cm³/mol. The van der Waals surface area contributed by atoms with Gasteiger partial charge in [0.25, 0.3) is 5.91 Å². The lowest BCUT2D eigenvalue weighted by atomic mass is 9.82. The molecule has 16 heteroatoms. The highest BCUT2D eigenvalue weighted by Crippen LogP contribution is 2.61. The molecule has 3 aromatic carbocycles. The van der Waals surface area contributed by atoms with Crippen LogP contribution in [0.3, 0.4) is 0 Å². The second-order valence-electron chi connectivity index (χ2n) is 17.3. The number of carbonyl (C=O) groups is 3. The van der Waals surface area contributed by atoms with Gasteiger partial charge in [0, 0.05) is 55.0 Å². The van der Waals surface area contributed by atoms with E-state index in [0.29, 0.717) is 98.8 Å². The molecule has 3 N–H and O–H groups in total. The fraction of sp³-hybridized carbons (Fsp3) is 0.511. The van der Waals surface area contributed by atoms with Crippen LogP contribution < -0.4 is 19.9 Å². The zero-order valence-electron chi connectivity index (χ0n) is 37.0. The lowest BCUT2D eigenvalue weighted by Gasteiger charge is -2.36. The highest BCUT2D eigenvalue weighted by atomic mass is 28.4. The molecule has 1 fully saturated rings. The van der Waals surface area contributed by atoms with E-state index in [1.54, 1.807) is 33.8 Å². The molecule has 1 spiro atoms. The van der Waals surface area contributed by atoms with Crippen LogP contribution in [0.15, 0.2) is 72.9 Å². The molecule has 0 saturated carbocycles. The molecule has 3 aliphatic heterocycles. The second kappa shape index (κ2) is 19.8. The molecular weight excluding hydrogens is 824 g/mol. The van der Waals surface area contributed by atoms with Gasteiger partial charge in [-0.2, -0.15) is 0 Å². The van der Waals surface area contributed by atoms with Gasteiger partial charge >= 0.3 is 5.97 Å². The van der Waals surface area contributed by atoms with Gasteiger partial charge in [0.05, 0.1) is 55.5 Å². The Morgan fingerprint density at radius 3 is 2.52 bits per heavy atom. The lowest BCUT2D eigenvalue weighted by Crippen LogP contribution is -2.49. The fourth-order valence-electron chi connectivity index (χ4n) is 9.93. The zero-order chi connectivity index (χ0) is 44.9. The standard InChI is InChI=1S/C47H61FN6O8Si/c1-6-61-35-18-20-40-33(26-35)27-38(49-22-11-13-25-55)45(58)54(40)34-17-19-41-37(28-34)47(46(59)53(41)23-12-10-16-43(57)60-3)31(2)44(63(4,5)48)42(62-47)21-24-52-29-39(50-51-52)36(30-56)32-14-8-7-9-15-32/h7-9,14-15,17-20,26,28-29,31,36,38,42,44,49,55-56H,6,10-13,16,21-25,27,30H2,1-5H3/t31-,36?,38?,42+,44-,47+/m1/s1. The smallest absolute Gasteiger partial charge is 0.305 e. The number of esters is 1. The van der Waals surface area contributed by atoms with Crippen molar-refractivity contribution in [3.05, 3.63) is 95.3 Å². The number of benzene rings is 3. The molecule has 4 aromatic rings. The lowest BCUT2D eigenvalue weighted by molar-refractivity contribution is -0.146. The number of methoxy groups -OCH3 is 1. The molecular formula is C47H61FN6O8Si. The van der Waals surface area contributed by atoms with Gasteiger partial charge in [-0.1, -0.05) is 42.5 Å². The van der Waals surface area contributed by atoms with Gasteiger partial charge in [0.1, 0.15) is 5.75 Å². The number of anilines is 3. The molecule has 63 heavy (non-hydrogen) atoms. The van der Waals surface area contributed by atoms with Crippen molar-refractivity contribution in [2.24, 2.45) is 5.92 Å². The summed E-state index contributed by atoms with van der Waals surface area (Å²) in [5.74, 6) is -1.04. The largest absolute Gasteiger partial charge is 0.494 e. The third kappa shape index (κ3) is 9.32. The van der Waals surface area contributed by atoms with Gasteiger partial charge in [0.2, 0.25) is 14.3 Å². The quantitative estimate of drug-likeness (QED) is 0.0394. The average Bonchev–Trinajstić information content (AvgIpc) is 3.93. The number of aryl methyl sites for hydroxylation is 1. The van der Waals surface area contributed by atoms with E-state index in [1.807, 2.05) is 80.6 Å². The van der Waals surface area contributed by atoms with Crippen molar-refractivity contribution < 1.29 is 42.9 Å². The number of hydrogen-bond acceptors (Lipinski definition) is 11. The number of aliphatic hydroxyl groups is 2. The summed E-state index contributed by atoms with van der Waals surface area (Å²) in [5.41, 5.74) is 2.73. The highest BCUT2D eigenvalue weighted by Gasteiger charge is 2.66. The molecule has 0 bridgehead atoms.